The second kappa shape index (κ2) is 8.24. The first kappa shape index (κ1) is 21.8. The van der Waals surface area contributed by atoms with Gasteiger partial charge in [-0.2, -0.15) is 0 Å². The van der Waals surface area contributed by atoms with Crippen LogP contribution in [0, 0.1) is 17.7 Å². The largest absolute Gasteiger partial charge is 0.504 e. The Balaban J connectivity index is 1.74. The summed E-state index contributed by atoms with van der Waals surface area (Å²) >= 11 is 0. The van der Waals surface area contributed by atoms with Gasteiger partial charge in [-0.1, -0.05) is 13.3 Å². The summed E-state index contributed by atoms with van der Waals surface area (Å²) in [5, 5.41) is 11.7. The van der Waals surface area contributed by atoms with E-state index in [0.717, 1.165) is 13.0 Å². The number of aliphatic imine (C=N–C) groups is 1. The number of hydrogen-bond donors (Lipinski definition) is 1. The number of carbonyl (C=O) groups excluding carboxylic acids is 1. The fourth-order valence-electron chi connectivity index (χ4n) is 5.49. The van der Waals surface area contributed by atoms with Crippen molar-refractivity contribution in [1.82, 2.24) is 4.90 Å². The maximum absolute atomic E-state index is 14.4. The Morgan fingerprint density at radius 2 is 2.16 bits per heavy atom. The molecule has 4 atom stereocenters. The monoisotopic (exact) mass is 432 g/mol. The third-order valence-corrected chi connectivity index (χ3v) is 6.99. The van der Waals surface area contributed by atoms with Crippen LogP contribution in [0.15, 0.2) is 29.0 Å². The molecule has 1 N–H and O–H groups in total. The molecular formula is C23H29FN2O5. The summed E-state index contributed by atoms with van der Waals surface area (Å²) in [4.78, 5) is 19.6. The van der Waals surface area contributed by atoms with Crippen molar-refractivity contribution in [2.75, 3.05) is 34.4 Å². The quantitative estimate of drug-likeness (QED) is 0.438. The van der Waals surface area contributed by atoms with Gasteiger partial charge in [-0.15, -0.1) is 0 Å². The van der Waals surface area contributed by atoms with Gasteiger partial charge in [0.1, 0.15) is 5.60 Å². The number of halogens is 1. The fraction of sp³-hybridized carbons (Fsp3) is 0.565. The van der Waals surface area contributed by atoms with Crippen molar-refractivity contribution >= 4 is 17.4 Å². The van der Waals surface area contributed by atoms with E-state index in [1.165, 1.54) is 33.7 Å². The average molecular weight is 432 g/mol. The van der Waals surface area contributed by atoms with Gasteiger partial charge in [0, 0.05) is 13.1 Å². The highest BCUT2D eigenvalue weighted by Gasteiger charge is 2.54. The molecule has 3 aliphatic rings. The molecule has 0 saturated carbocycles. The summed E-state index contributed by atoms with van der Waals surface area (Å²) in [6.45, 7) is 3.52. The molecule has 0 spiro atoms. The number of nitrogens with zero attached hydrogens (tertiary/aromatic N) is 2. The van der Waals surface area contributed by atoms with Gasteiger partial charge in [-0.25, -0.2) is 9.18 Å². The topological polar surface area (TPSA) is 80.6 Å². The van der Waals surface area contributed by atoms with Gasteiger partial charge >= 0.3 is 5.97 Å². The van der Waals surface area contributed by atoms with E-state index in [1.807, 2.05) is 0 Å². The summed E-state index contributed by atoms with van der Waals surface area (Å²) in [5.74, 6) is -0.756. The number of esters is 1. The molecular weight excluding hydrogens is 403 g/mol. The first-order chi connectivity index (χ1) is 14.9. The van der Waals surface area contributed by atoms with Crippen molar-refractivity contribution in [2.24, 2.45) is 16.8 Å². The number of fused-ring (bicyclic) bond motifs is 5. The first-order valence-electron chi connectivity index (χ1n) is 10.6. The van der Waals surface area contributed by atoms with E-state index in [4.69, 9.17) is 19.2 Å². The zero-order chi connectivity index (χ0) is 22.3. The Morgan fingerprint density at radius 1 is 1.39 bits per heavy atom. The number of rotatable bonds is 5. The molecule has 7 nitrogen and oxygen atoms in total. The summed E-state index contributed by atoms with van der Waals surface area (Å²) in [5.41, 5.74) is 0.639. The lowest BCUT2D eigenvalue weighted by Gasteiger charge is -2.50. The molecule has 168 valence electrons. The van der Waals surface area contributed by atoms with Crippen molar-refractivity contribution < 1.29 is 28.5 Å². The molecule has 1 aromatic rings. The smallest absolute Gasteiger partial charge is 0.337 e. The van der Waals surface area contributed by atoms with Crippen LogP contribution >= 0.6 is 0 Å². The zero-order valence-corrected chi connectivity index (χ0v) is 18.4. The van der Waals surface area contributed by atoms with E-state index < -0.39 is 17.4 Å². The van der Waals surface area contributed by atoms with Gasteiger partial charge in [0.2, 0.25) is 0 Å². The van der Waals surface area contributed by atoms with Crippen molar-refractivity contribution in [2.45, 2.75) is 37.8 Å². The number of hydrogen-bond acceptors (Lipinski definition) is 7. The van der Waals surface area contributed by atoms with Crippen LogP contribution < -0.4 is 4.74 Å². The molecule has 3 heterocycles. The van der Waals surface area contributed by atoms with Crippen LogP contribution in [-0.4, -0.2) is 62.1 Å². The lowest BCUT2D eigenvalue weighted by molar-refractivity contribution is -0.137. The molecule has 3 aliphatic heterocycles. The molecule has 0 unspecified atom stereocenters. The maximum Gasteiger partial charge on any atom is 0.337 e. The predicted molar refractivity (Wildman–Crippen MR) is 113 cm³/mol. The van der Waals surface area contributed by atoms with Crippen LogP contribution in [0.25, 0.3) is 0 Å². The molecule has 4 rings (SSSR count). The zero-order valence-electron chi connectivity index (χ0n) is 18.4. The second-order valence-corrected chi connectivity index (χ2v) is 8.40. The lowest BCUT2D eigenvalue weighted by Crippen LogP contribution is -2.60. The molecule has 0 aromatic heterocycles. The van der Waals surface area contributed by atoms with Gasteiger partial charge in [-0.05, 0) is 36.8 Å². The second-order valence-electron chi connectivity index (χ2n) is 8.40. The molecule has 0 amide bonds. The van der Waals surface area contributed by atoms with Crippen LogP contribution in [0.2, 0.25) is 0 Å². The van der Waals surface area contributed by atoms with Crippen LogP contribution in [-0.2, 0) is 19.9 Å². The van der Waals surface area contributed by atoms with E-state index in [1.54, 1.807) is 6.07 Å². The Bertz CT molecular complexity index is 946. The minimum Gasteiger partial charge on any atom is -0.504 e. The van der Waals surface area contributed by atoms with Crippen molar-refractivity contribution in [1.29, 1.82) is 0 Å². The standard InChI is InChI=1S/C23H29FN2O5/c1-5-13-11-26-9-8-23(28)19-17(7-6-16(24)20(19)30-3)25-21(23)18(26)10-14(13)15(12-29-2)22(27)31-4/h6-7,12-14,18,28H,5,8-11H2,1-4H3/t13-,14+,18+,23+/m1/s1. The van der Waals surface area contributed by atoms with Gasteiger partial charge < -0.3 is 19.3 Å². The molecule has 0 bridgehead atoms. The molecule has 31 heavy (non-hydrogen) atoms. The molecule has 2 fully saturated rings. The van der Waals surface area contributed by atoms with Crippen molar-refractivity contribution in [3.63, 3.8) is 0 Å². The van der Waals surface area contributed by atoms with Gasteiger partial charge in [0.05, 0.1) is 56.2 Å². The molecule has 0 aliphatic carbocycles. The highest BCUT2D eigenvalue weighted by atomic mass is 19.1. The summed E-state index contributed by atoms with van der Waals surface area (Å²) < 4.78 is 29.9. The highest BCUT2D eigenvalue weighted by Crippen LogP contribution is 2.52. The number of aliphatic hydroxyl groups is 1. The van der Waals surface area contributed by atoms with E-state index in [9.17, 15) is 14.3 Å². The van der Waals surface area contributed by atoms with E-state index in [0.29, 0.717) is 41.9 Å². The van der Waals surface area contributed by atoms with Gasteiger partial charge in [-0.3, -0.25) is 9.89 Å². The predicted octanol–water partition coefficient (Wildman–Crippen LogP) is 2.93. The molecule has 2 saturated heterocycles. The highest BCUT2D eigenvalue weighted by molar-refractivity contribution is 6.05. The van der Waals surface area contributed by atoms with E-state index in [2.05, 4.69) is 11.8 Å². The number of methoxy groups -OCH3 is 3. The first-order valence-corrected chi connectivity index (χ1v) is 10.6. The Kier molecular flexibility index (Phi) is 5.79. The SMILES string of the molecule is CC[C@@H]1CN2CC[C@@]3(O)C(=Nc4ccc(F)c(OC)c43)[C@@H]2C[C@@H]1C(=COC)C(=O)OC. The number of benzene rings is 1. The minimum atomic E-state index is -1.38. The fourth-order valence-corrected chi connectivity index (χ4v) is 5.49. The lowest BCUT2D eigenvalue weighted by atomic mass is 9.70. The Labute approximate surface area is 181 Å². The average Bonchev–Trinajstić information content (AvgIpc) is 3.09. The summed E-state index contributed by atoms with van der Waals surface area (Å²) in [6, 6.07) is 2.71. The van der Waals surface area contributed by atoms with Crippen LogP contribution in [0.3, 0.4) is 0 Å². The van der Waals surface area contributed by atoms with E-state index >= 15 is 0 Å². The third-order valence-electron chi connectivity index (χ3n) is 6.99. The van der Waals surface area contributed by atoms with Crippen LogP contribution in [0.1, 0.15) is 31.7 Å². The summed E-state index contributed by atoms with van der Waals surface area (Å²) in [7, 11) is 4.27. The van der Waals surface area contributed by atoms with Crippen LogP contribution in [0.4, 0.5) is 10.1 Å². The van der Waals surface area contributed by atoms with Gasteiger partial charge in [0.15, 0.2) is 11.6 Å². The summed E-state index contributed by atoms with van der Waals surface area (Å²) in [6.07, 6.45) is 3.35. The number of ether oxygens (including phenoxy) is 3. The normalized spacial score (nSPS) is 30.1. The Morgan fingerprint density at radius 3 is 2.81 bits per heavy atom. The minimum absolute atomic E-state index is 0.0422. The van der Waals surface area contributed by atoms with Crippen molar-refractivity contribution in [3.05, 3.63) is 35.3 Å². The molecule has 0 radical (unpaired) electrons. The Hall–Kier alpha value is -2.45. The number of carbonyl (C=O) groups is 1. The molecule has 1 aromatic carbocycles. The molecule has 8 heteroatoms. The van der Waals surface area contributed by atoms with Gasteiger partial charge in [0.25, 0.3) is 0 Å². The number of piperidine rings is 2. The van der Waals surface area contributed by atoms with Crippen molar-refractivity contribution in [3.8, 4) is 5.75 Å². The third kappa shape index (κ3) is 3.32. The van der Waals surface area contributed by atoms with E-state index in [-0.39, 0.29) is 23.6 Å². The maximum atomic E-state index is 14.4. The van der Waals surface area contributed by atoms with Crippen LogP contribution in [0.5, 0.6) is 5.75 Å².